The second-order valence-electron chi connectivity index (χ2n) is 10.00. The lowest BCUT2D eigenvalue weighted by molar-refractivity contribution is -0.127. The molecule has 1 heterocycles. The molecule has 3 aliphatic rings. The molecule has 0 radical (unpaired) electrons. The van der Waals surface area contributed by atoms with Gasteiger partial charge in [0, 0.05) is 45.8 Å². The van der Waals surface area contributed by atoms with E-state index in [-0.39, 0.29) is 12.5 Å². The van der Waals surface area contributed by atoms with E-state index in [9.17, 15) is 4.79 Å². The summed E-state index contributed by atoms with van der Waals surface area (Å²) < 4.78 is 0. The van der Waals surface area contributed by atoms with Crippen LogP contribution in [0.5, 0.6) is 0 Å². The van der Waals surface area contributed by atoms with Crippen LogP contribution in [0.15, 0.2) is 29.3 Å². The van der Waals surface area contributed by atoms with Gasteiger partial charge in [0.05, 0.1) is 0 Å². The number of rotatable bonds is 6. The van der Waals surface area contributed by atoms with Gasteiger partial charge in [-0.05, 0) is 62.0 Å². The summed E-state index contributed by atoms with van der Waals surface area (Å²) in [6.07, 6.45) is 7.54. The van der Waals surface area contributed by atoms with Crippen molar-refractivity contribution in [2.45, 2.75) is 64.1 Å². The molecule has 2 bridgehead atoms. The normalized spacial score (nSPS) is 26.8. The quantitative estimate of drug-likeness (QED) is 0.544. The molecule has 1 amide bonds. The van der Waals surface area contributed by atoms with Crippen LogP contribution < -0.4 is 10.6 Å². The molecule has 2 N–H and O–H groups in total. The molecule has 6 heteroatoms. The second-order valence-corrected chi connectivity index (χ2v) is 10.00. The number of fused-ring (bicyclic) bond motifs is 2. The highest BCUT2D eigenvalue weighted by Crippen LogP contribution is 2.44. The molecule has 1 aromatic rings. The number of carbonyl (C=O) groups is 1. The average molecular weight is 426 g/mol. The van der Waals surface area contributed by atoms with Crippen LogP contribution in [0.25, 0.3) is 0 Å². The molecule has 0 spiro atoms. The number of nitrogens with zero attached hydrogens (tertiary/aromatic N) is 3. The number of guanidine groups is 1. The zero-order valence-corrected chi connectivity index (χ0v) is 19.4. The number of likely N-dealkylation sites (tertiary alicyclic amines) is 1. The van der Waals surface area contributed by atoms with Crippen LogP contribution in [-0.4, -0.2) is 67.5 Å². The first-order valence-electron chi connectivity index (χ1n) is 12.0. The number of aryl methyl sites for hydroxylation is 1. The fourth-order valence-electron chi connectivity index (χ4n) is 5.48. The first-order valence-corrected chi connectivity index (χ1v) is 12.0. The lowest BCUT2D eigenvalue weighted by Gasteiger charge is -2.34. The number of likely N-dealkylation sites (N-methyl/N-ethyl adjacent to an activating group) is 1. The molecule has 2 aliphatic carbocycles. The molecule has 6 nitrogen and oxygen atoms in total. The number of hydrogen-bond acceptors (Lipinski definition) is 3. The summed E-state index contributed by atoms with van der Waals surface area (Å²) in [5.41, 5.74) is 2.80. The third-order valence-electron chi connectivity index (χ3n) is 7.52. The van der Waals surface area contributed by atoms with Gasteiger partial charge in [-0.25, -0.2) is 4.99 Å². The molecular weight excluding hydrogens is 386 g/mol. The predicted molar refractivity (Wildman–Crippen MR) is 126 cm³/mol. The summed E-state index contributed by atoms with van der Waals surface area (Å²) in [7, 11) is 3.58. The van der Waals surface area contributed by atoms with E-state index in [4.69, 9.17) is 0 Å². The Kier molecular flexibility index (Phi) is 7.16. The third-order valence-corrected chi connectivity index (χ3v) is 7.52. The Balaban J connectivity index is 1.31. The van der Waals surface area contributed by atoms with Crippen molar-refractivity contribution in [2.75, 3.05) is 33.7 Å². The zero-order chi connectivity index (χ0) is 21.8. The predicted octanol–water partition coefficient (Wildman–Crippen LogP) is 2.77. The highest BCUT2D eigenvalue weighted by molar-refractivity contribution is 5.85. The van der Waals surface area contributed by atoms with Gasteiger partial charge in [-0.2, -0.15) is 0 Å². The van der Waals surface area contributed by atoms with Gasteiger partial charge in [0.15, 0.2) is 5.96 Å². The Morgan fingerprint density at radius 1 is 1.10 bits per heavy atom. The molecule has 0 aromatic heterocycles. The summed E-state index contributed by atoms with van der Waals surface area (Å²) >= 11 is 0. The van der Waals surface area contributed by atoms with Gasteiger partial charge in [-0.15, -0.1) is 0 Å². The highest BCUT2D eigenvalue weighted by Gasteiger charge is 2.40. The number of hydrogen-bond donors (Lipinski definition) is 2. The van der Waals surface area contributed by atoms with Crippen molar-refractivity contribution in [3.63, 3.8) is 0 Å². The standard InChI is InChI=1S/C25H39N5O/c1-18-6-4-5-7-21(18)17-30-12-10-22(11-13-30)27-25(26-16-24(31)29(2)3)28-23-15-19-8-9-20(23)14-19/h4-7,19-20,22-23H,8-17H2,1-3H3,(H2,26,27,28). The number of amides is 1. The van der Waals surface area contributed by atoms with E-state index in [1.54, 1.807) is 19.0 Å². The first kappa shape index (κ1) is 22.1. The second kappa shape index (κ2) is 10.0. The molecule has 1 aliphatic heterocycles. The summed E-state index contributed by atoms with van der Waals surface area (Å²) in [5.74, 6) is 2.54. The van der Waals surface area contributed by atoms with E-state index < -0.39 is 0 Å². The van der Waals surface area contributed by atoms with E-state index >= 15 is 0 Å². The van der Waals surface area contributed by atoms with Crippen LogP contribution in [0.1, 0.15) is 49.7 Å². The Hall–Kier alpha value is -2.08. The zero-order valence-electron chi connectivity index (χ0n) is 19.4. The van der Waals surface area contributed by atoms with E-state index in [0.29, 0.717) is 12.1 Å². The minimum Gasteiger partial charge on any atom is -0.354 e. The maximum atomic E-state index is 12.1. The van der Waals surface area contributed by atoms with E-state index in [0.717, 1.165) is 50.3 Å². The third kappa shape index (κ3) is 5.79. The summed E-state index contributed by atoms with van der Waals surface area (Å²) in [5, 5.41) is 7.38. The van der Waals surface area contributed by atoms with Crippen molar-refractivity contribution >= 4 is 11.9 Å². The van der Waals surface area contributed by atoms with Crippen molar-refractivity contribution in [2.24, 2.45) is 16.8 Å². The molecular formula is C25H39N5O. The van der Waals surface area contributed by atoms with Crippen molar-refractivity contribution in [1.82, 2.24) is 20.4 Å². The average Bonchev–Trinajstić information content (AvgIpc) is 3.38. The Morgan fingerprint density at radius 3 is 2.52 bits per heavy atom. The molecule has 3 atom stereocenters. The summed E-state index contributed by atoms with van der Waals surface area (Å²) in [4.78, 5) is 20.9. The van der Waals surface area contributed by atoms with Crippen molar-refractivity contribution in [3.8, 4) is 0 Å². The van der Waals surface area contributed by atoms with Gasteiger partial charge in [-0.3, -0.25) is 9.69 Å². The molecule has 4 rings (SSSR count). The minimum atomic E-state index is 0.0436. The highest BCUT2D eigenvalue weighted by atomic mass is 16.2. The summed E-state index contributed by atoms with van der Waals surface area (Å²) in [6.45, 7) is 5.60. The van der Waals surface area contributed by atoms with Crippen molar-refractivity contribution < 1.29 is 4.79 Å². The van der Waals surface area contributed by atoms with E-state index in [1.165, 1.54) is 36.8 Å². The van der Waals surface area contributed by atoms with Crippen LogP contribution in [0, 0.1) is 18.8 Å². The van der Waals surface area contributed by atoms with E-state index in [2.05, 4.69) is 51.7 Å². The maximum Gasteiger partial charge on any atom is 0.243 e. The molecule has 31 heavy (non-hydrogen) atoms. The number of aliphatic imine (C=N–C) groups is 1. The van der Waals surface area contributed by atoms with Gasteiger partial charge in [0.1, 0.15) is 6.54 Å². The molecule has 3 unspecified atom stereocenters. The van der Waals surface area contributed by atoms with Gasteiger partial charge >= 0.3 is 0 Å². The first-order chi connectivity index (χ1) is 15.0. The van der Waals surface area contributed by atoms with Crippen LogP contribution in [0.3, 0.4) is 0 Å². The molecule has 2 saturated carbocycles. The number of carbonyl (C=O) groups excluding carboxylic acids is 1. The summed E-state index contributed by atoms with van der Waals surface area (Å²) in [6, 6.07) is 9.61. The maximum absolute atomic E-state index is 12.1. The van der Waals surface area contributed by atoms with E-state index in [1.807, 2.05) is 0 Å². The van der Waals surface area contributed by atoms with Crippen molar-refractivity contribution in [1.29, 1.82) is 0 Å². The molecule has 1 aromatic carbocycles. The number of piperidine rings is 1. The largest absolute Gasteiger partial charge is 0.354 e. The smallest absolute Gasteiger partial charge is 0.243 e. The molecule has 170 valence electrons. The Morgan fingerprint density at radius 2 is 1.87 bits per heavy atom. The fraction of sp³-hybridized carbons (Fsp3) is 0.680. The number of benzene rings is 1. The van der Waals surface area contributed by atoms with Crippen LogP contribution in [0.2, 0.25) is 0 Å². The van der Waals surface area contributed by atoms with Gasteiger partial charge in [0.25, 0.3) is 0 Å². The molecule has 3 fully saturated rings. The molecule has 1 saturated heterocycles. The minimum absolute atomic E-state index is 0.0436. The van der Waals surface area contributed by atoms with Crippen LogP contribution in [0.4, 0.5) is 0 Å². The SMILES string of the molecule is Cc1ccccc1CN1CCC(NC(=NCC(=O)N(C)C)NC2CC3CCC2C3)CC1. The fourth-order valence-corrected chi connectivity index (χ4v) is 5.48. The van der Waals surface area contributed by atoms with Crippen molar-refractivity contribution in [3.05, 3.63) is 35.4 Å². The van der Waals surface area contributed by atoms with Gasteiger partial charge in [0.2, 0.25) is 5.91 Å². The van der Waals surface area contributed by atoms with Crippen LogP contribution in [-0.2, 0) is 11.3 Å². The number of nitrogens with one attached hydrogen (secondary N) is 2. The topological polar surface area (TPSA) is 60.0 Å². The van der Waals surface area contributed by atoms with Gasteiger partial charge in [-0.1, -0.05) is 30.7 Å². The van der Waals surface area contributed by atoms with Crippen LogP contribution >= 0.6 is 0 Å². The Bertz CT molecular complexity index is 784. The van der Waals surface area contributed by atoms with Gasteiger partial charge < -0.3 is 15.5 Å². The lowest BCUT2D eigenvalue weighted by Crippen LogP contribution is -2.52. The Labute approximate surface area is 187 Å². The lowest BCUT2D eigenvalue weighted by atomic mass is 9.95. The monoisotopic (exact) mass is 425 g/mol.